The summed E-state index contributed by atoms with van der Waals surface area (Å²) >= 11 is 0. The second kappa shape index (κ2) is 7.70. The topological polar surface area (TPSA) is 43.8 Å². The van der Waals surface area contributed by atoms with Crippen LogP contribution in [0.1, 0.15) is 84.7 Å². The Hall–Kier alpha value is -0.990. The SMILES string of the molecule is CCCCCCc1nc(C(C)(C)C)n(CCCC)c1N. The number of hydrogen-bond donors (Lipinski definition) is 1. The fourth-order valence-corrected chi connectivity index (χ4v) is 2.53. The van der Waals surface area contributed by atoms with E-state index in [1.165, 1.54) is 38.5 Å². The number of anilines is 1. The van der Waals surface area contributed by atoms with Gasteiger partial charge in [-0.1, -0.05) is 60.3 Å². The number of aryl methyl sites for hydroxylation is 1. The number of nitrogens with zero attached hydrogens (tertiary/aromatic N) is 2. The minimum atomic E-state index is 0.0591. The zero-order chi connectivity index (χ0) is 15.2. The van der Waals surface area contributed by atoms with Gasteiger partial charge < -0.3 is 10.3 Å². The third kappa shape index (κ3) is 4.53. The Morgan fingerprint density at radius 3 is 2.20 bits per heavy atom. The van der Waals surface area contributed by atoms with Crippen molar-refractivity contribution >= 4 is 5.82 Å². The lowest BCUT2D eigenvalue weighted by atomic mass is 9.95. The van der Waals surface area contributed by atoms with Gasteiger partial charge in [0, 0.05) is 12.0 Å². The van der Waals surface area contributed by atoms with E-state index >= 15 is 0 Å². The van der Waals surface area contributed by atoms with Crippen LogP contribution in [0, 0.1) is 0 Å². The van der Waals surface area contributed by atoms with Crippen LogP contribution in [-0.2, 0) is 18.4 Å². The van der Waals surface area contributed by atoms with Crippen molar-refractivity contribution in [2.75, 3.05) is 5.73 Å². The van der Waals surface area contributed by atoms with Gasteiger partial charge in [0.1, 0.15) is 11.6 Å². The lowest BCUT2D eigenvalue weighted by molar-refractivity contribution is 0.490. The summed E-state index contributed by atoms with van der Waals surface area (Å²) in [4.78, 5) is 4.87. The number of aromatic nitrogens is 2. The van der Waals surface area contributed by atoms with E-state index in [-0.39, 0.29) is 5.41 Å². The third-order valence-corrected chi connectivity index (χ3v) is 3.76. The van der Waals surface area contributed by atoms with E-state index in [0.29, 0.717) is 0 Å². The van der Waals surface area contributed by atoms with Crippen LogP contribution in [0.4, 0.5) is 5.82 Å². The maximum Gasteiger partial charge on any atom is 0.126 e. The Kier molecular flexibility index (Phi) is 6.57. The van der Waals surface area contributed by atoms with Gasteiger partial charge in [-0.05, 0) is 19.3 Å². The Bertz CT molecular complexity index is 399. The number of hydrogen-bond acceptors (Lipinski definition) is 2. The van der Waals surface area contributed by atoms with Gasteiger partial charge in [0.2, 0.25) is 0 Å². The number of unbranched alkanes of at least 4 members (excludes halogenated alkanes) is 4. The summed E-state index contributed by atoms with van der Waals surface area (Å²) in [5, 5.41) is 0. The van der Waals surface area contributed by atoms with Crippen LogP contribution in [0.15, 0.2) is 0 Å². The Labute approximate surface area is 125 Å². The first-order chi connectivity index (χ1) is 9.41. The van der Waals surface area contributed by atoms with Crippen molar-refractivity contribution in [1.29, 1.82) is 0 Å². The number of nitrogens with two attached hydrogens (primary N) is 1. The average molecular weight is 279 g/mol. The van der Waals surface area contributed by atoms with Gasteiger partial charge in [0.05, 0.1) is 5.69 Å². The summed E-state index contributed by atoms with van der Waals surface area (Å²) in [7, 11) is 0. The van der Waals surface area contributed by atoms with Crippen LogP contribution in [0.3, 0.4) is 0 Å². The molecule has 0 spiro atoms. The second-order valence-corrected chi connectivity index (χ2v) is 6.83. The molecule has 0 atom stereocenters. The molecule has 0 radical (unpaired) electrons. The molecule has 20 heavy (non-hydrogen) atoms. The Morgan fingerprint density at radius 2 is 1.65 bits per heavy atom. The van der Waals surface area contributed by atoms with Crippen molar-refractivity contribution in [3.05, 3.63) is 11.5 Å². The molecule has 0 saturated carbocycles. The highest BCUT2D eigenvalue weighted by atomic mass is 15.1. The van der Waals surface area contributed by atoms with Crippen molar-refractivity contribution in [2.24, 2.45) is 0 Å². The summed E-state index contributed by atoms with van der Waals surface area (Å²) in [6.45, 7) is 12.1. The van der Waals surface area contributed by atoms with E-state index < -0.39 is 0 Å². The Balaban J connectivity index is 2.88. The molecule has 0 aliphatic heterocycles. The molecule has 1 aromatic rings. The van der Waals surface area contributed by atoms with E-state index in [4.69, 9.17) is 10.7 Å². The van der Waals surface area contributed by atoms with Crippen LogP contribution in [-0.4, -0.2) is 9.55 Å². The highest BCUT2D eigenvalue weighted by molar-refractivity contribution is 5.39. The van der Waals surface area contributed by atoms with Crippen molar-refractivity contribution < 1.29 is 0 Å². The molecule has 2 N–H and O–H groups in total. The van der Waals surface area contributed by atoms with Gasteiger partial charge in [0.15, 0.2) is 0 Å². The van der Waals surface area contributed by atoms with Crippen molar-refractivity contribution in [1.82, 2.24) is 9.55 Å². The molecule has 0 saturated heterocycles. The Morgan fingerprint density at radius 1 is 1.00 bits per heavy atom. The molecule has 116 valence electrons. The van der Waals surface area contributed by atoms with Crippen molar-refractivity contribution in [2.45, 2.75) is 91.5 Å². The van der Waals surface area contributed by atoms with E-state index in [1.54, 1.807) is 0 Å². The minimum absolute atomic E-state index is 0.0591. The molecule has 0 amide bonds. The van der Waals surface area contributed by atoms with Crippen LogP contribution < -0.4 is 5.73 Å². The predicted molar refractivity (Wildman–Crippen MR) is 88.1 cm³/mol. The van der Waals surface area contributed by atoms with E-state index in [0.717, 1.165) is 30.3 Å². The standard InChI is InChI=1S/C17H33N3/c1-6-8-10-11-12-14-15(18)20(13-9-7-2)16(19-14)17(3,4)5/h6-13,18H2,1-5H3. The monoisotopic (exact) mass is 279 g/mol. The van der Waals surface area contributed by atoms with Crippen LogP contribution in [0.5, 0.6) is 0 Å². The lowest BCUT2D eigenvalue weighted by Crippen LogP contribution is -2.20. The molecule has 3 heteroatoms. The van der Waals surface area contributed by atoms with Crippen molar-refractivity contribution in [3.63, 3.8) is 0 Å². The zero-order valence-corrected chi connectivity index (χ0v) is 14.1. The fourth-order valence-electron chi connectivity index (χ4n) is 2.53. The molecule has 1 aromatic heterocycles. The molecule has 0 aromatic carbocycles. The normalized spacial score (nSPS) is 12.1. The lowest BCUT2D eigenvalue weighted by Gasteiger charge is -2.20. The largest absolute Gasteiger partial charge is 0.384 e. The highest BCUT2D eigenvalue weighted by Gasteiger charge is 2.24. The summed E-state index contributed by atoms with van der Waals surface area (Å²) < 4.78 is 2.25. The maximum absolute atomic E-state index is 6.36. The molecular formula is C17H33N3. The molecule has 3 nitrogen and oxygen atoms in total. The minimum Gasteiger partial charge on any atom is -0.384 e. The molecule has 0 bridgehead atoms. The van der Waals surface area contributed by atoms with Crippen LogP contribution in [0.2, 0.25) is 0 Å². The number of imidazole rings is 1. The first-order valence-corrected chi connectivity index (χ1v) is 8.27. The third-order valence-electron chi connectivity index (χ3n) is 3.76. The average Bonchev–Trinajstić information content (AvgIpc) is 2.69. The maximum atomic E-state index is 6.36. The summed E-state index contributed by atoms with van der Waals surface area (Å²) in [5.74, 6) is 2.05. The molecular weight excluding hydrogens is 246 g/mol. The molecule has 0 aliphatic rings. The van der Waals surface area contributed by atoms with Gasteiger partial charge in [-0.3, -0.25) is 0 Å². The van der Waals surface area contributed by atoms with Gasteiger partial charge >= 0.3 is 0 Å². The van der Waals surface area contributed by atoms with Gasteiger partial charge in [0.25, 0.3) is 0 Å². The summed E-state index contributed by atoms with van der Waals surface area (Å²) in [5.41, 5.74) is 7.53. The smallest absolute Gasteiger partial charge is 0.126 e. The van der Waals surface area contributed by atoms with Crippen LogP contribution >= 0.6 is 0 Å². The van der Waals surface area contributed by atoms with E-state index in [2.05, 4.69) is 39.2 Å². The molecule has 0 unspecified atom stereocenters. The highest BCUT2D eigenvalue weighted by Crippen LogP contribution is 2.27. The van der Waals surface area contributed by atoms with Crippen molar-refractivity contribution in [3.8, 4) is 0 Å². The first kappa shape index (κ1) is 17.1. The van der Waals surface area contributed by atoms with Gasteiger partial charge in [-0.15, -0.1) is 0 Å². The summed E-state index contributed by atoms with van der Waals surface area (Å²) in [6, 6.07) is 0. The molecule has 0 fully saturated rings. The predicted octanol–water partition coefficient (Wildman–Crippen LogP) is 4.69. The molecule has 1 heterocycles. The fraction of sp³-hybridized carbons (Fsp3) is 0.824. The van der Waals surface area contributed by atoms with Gasteiger partial charge in [-0.2, -0.15) is 0 Å². The number of nitrogen functional groups attached to an aromatic ring is 1. The molecule has 0 aliphatic carbocycles. The molecule has 1 rings (SSSR count). The zero-order valence-electron chi connectivity index (χ0n) is 14.1. The first-order valence-electron chi connectivity index (χ1n) is 8.27. The summed E-state index contributed by atoms with van der Waals surface area (Å²) in [6.07, 6.45) is 8.44. The van der Waals surface area contributed by atoms with E-state index in [9.17, 15) is 0 Å². The second-order valence-electron chi connectivity index (χ2n) is 6.83. The number of rotatable bonds is 8. The van der Waals surface area contributed by atoms with Crippen LogP contribution in [0.25, 0.3) is 0 Å². The van der Waals surface area contributed by atoms with E-state index in [1.807, 2.05) is 0 Å². The van der Waals surface area contributed by atoms with Gasteiger partial charge in [-0.25, -0.2) is 4.98 Å². The quantitative estimate of drug-likeness (QED) is 0.702.